The van der Waals surface area contributed by atoms with Gasteiger partial charge in [0.05, 0.1) is 0 Å². The minimum atomic E-state index is -2.79. The third kappa shape index (κ3) is 3.40. The first-order valence-corrected chi connectivity index (χ1v) is 5.52. The van der Waals surface area contributed by atoms with E-state index in [9.17, 15) is 4.57 Å². The van der Waals surface area contributed by atoms with E-state index in [-0.39, 0.29) is 5.66 Å². The third-order valence-corrected chi connectivity index (χ3v) is 4.15. The number of halogens is 2. The fourth-order valence-corrected chi connectivity index (χ4v) is 0. The van der Waals surface area contributed by atoms with Gasteiger partial charge in [-0.3, -0.25) is 4.57 Å². The van der Waals surface area contributed by atoms with E-state index in [1.807, 2.05) is 0 Å². The summed E-state index contributed by atoms with van der Waals surface area (Å²) in [6, 6.07) is 0. The number of rotatable bonds is 1. The van der Waals surface area contributed by atoms with Crippen molar-refractivity contribution in [2.24, 2.45) is 0 Å². The SMILES string of the molecule is CC(C)P(=O)(Cl)Cl. The van der Waals surface area contributed by atoms with Gasteiger partial charge in [-0.15, -0.1) is 0 Å². The monoisotopic (exact) mass is 160 g/mol. The second-order valence-corrected chi connectivity index (χ2v) is 7.17. The standard InChI is InChI=1S/C3H7Cl2OP/c1-3(2)7(4,5)6/h3H,1-2H3. The van der Waals surface area contributed by atoms with Gasteiger partial charge in [0.15, 0.2) is 0 Å². The van der Waals surface area contributed by atoms with Gasteiger partial charge in [0.2, 0.25) is 0 Å². The van der Waals surface area contributed by atoms with E-state index < -0.39 is 5.85 Å². The third-order valence-electron chi connectivity index (χ3n) is 0.601. The lowest BCUT2D eigenvalue weighted by atomic mass is 10.6. The molecule has 0 aromatic heterocycles. The van der Waals surface area contributed by atoms with Crippen LogP contribution in [-0.4, -0.2) is 5.66 Å². The molecule has 0 aromatic carbocycles. The molecule has 0 aliphatic heterocycles. The van der Waals surface area contributed by atoms with Crippen molar-refractivity contribution in [1.82, 2.24) is 0 Å². The summed E-state index contributed by atoms with van der Waals surface area (Å²) in [7, 11) is 0. The van der Waals surface area contributed by atoms with Crippen LogP contribution >= 0.6 is 28.3 Å². The van der Waals surface area contributed by atoms with Crippen molar-refractivity contribution in [1.29, 1.82) is 0 Å². The fraction of sp³-hybridized carbons (Fsp3) is 1.00. The van der Waals surface area contributed by atoms with Crippen molar-refractivity contribution in [3.05, 3.63) is 0 Å². The van der Waals surface area contributed by atoms with Crippen LogP contribution in [0.3, 0.4) is 0 Å². The Hall–Kier alpha value is 0.810. The van der Waals surface area contributed by atoms with Crippen molar-refractivity contribution >= 4 is 28.3 Å². The van der Waals surface area contributed by atoms with Crippen molar-refractivity contribution < 1.29 is 4.57 Å². The summed E-state index contributed by atoms with van der Waals surface area (Å²) in [5.74, 6) is -2.79. The molecule has 0 heterocycles. The lowest BCUT2D eigenvalue weighted by Gasteiger charge is -2.01. The molecule has 0 rings (SSSR count). The molecule has 1 nitrogen and oxygen atoms in total. The van der Waals surface area contributed by atoms with Crippen LogP contribution in [0.1, 0.15) is 13.8 Å². The molecular formula is C3H7Cl2OP. The zero-order valence-corrected chi connectivity index (χ0v) is 6.60. The summed E-state index contributed by atoms with van der Waals surface area (Å²) < 4.78 is 10.4. The van der Waals surface area contributed by atoms with E-state index in [2.05, 4.69) is 0 Å². The first-order valence-electron chi connectivity index (χ1n) is 1.93. The van der Waals surface area contributed by atoms with Crippen LogP contribution in [0.25, 0.3) is 0 Å². The zero-order chi connectivity index (χ0) is 6.08. The zero-order valence-electron chi connectivity index (χ0n) is 4.19. The van der Waals surface area contributed by atoms with Crippen LogP contribution in [0.15, 0.2) is 0 Å². The molecule has 0 spiro atoms. The van der Waals surface area contributed by atoms with Crippen molar-refractivity contribution in [2.45, 2.75) is 19.5 Å². The molecule has 0 fully saturated rings. The van der Waals surface area contributed by atoms with Gasteiger partial charge in [0, 0.05) is 5.66 Å². The van der Waals surface area contributed by atoms with Crippen LogP contribution in [0.4, 0.5) is 0 Å². The molecule has 0 N–H and O–H groups in total. The first kappa shape index (κ1) is 7.81. The molecule has 4 heteroatoms. The van der Waals surface area contributed by atoms with Crippen LogP contribution in [0, 0.1) is 0 Å². The Kier molecular flexibility index (Phi) is 2.67. The molecule has 0 radical (unpaired) electrons. The molecule has 0 saturated carbocycles. The summed E-state index contributed by atoms with van der Waals surface area (Å²) in [4.78, 5) is 0. The maximum absolute atomic E-state index is 10.4. The second-order valence-electron chi connectivity index (χ2n) is 1.60. The Labute approximate surface area is 52.9 Å². The predicted octanol–water partition coefficient (Wildman–Crippen LogP) is 3.07. The van der Waals surface area contributed by atoms with E-state index in [1.54, 1.807) is 13.8 Å². The normalized spacial score (nSPS) is 12.7. The Bertz CT molecular complexity index is 95.1. The van der Waals surface area contributed by atoms with Crippen LogP contribution in [0.5, 0.6) is 0 Å². The molecule has 44 valence electrons. The van der Waals surface area contributed by atoms with Crippen molar-refractivity contribution in [2.75, 3.05) is 0 Å². The molecule has 0 atom stereocenters. The minimum Gasteiger partial charge on any atom is -0.289 e. The summed E-state index contributed by atoms with van der Waals surface area (Å²) in [6.45, 7) is 3.45. The maximum atomic E-state index is 10.4. The van der Waals surface area contributed by atoms with Crippen LogP contribution in [-0.2, 0) is 4.57 Å². The van der Waals surface area contributed by atoms with E-state index in [1.165, 1.54) is 0 Å². The Morgan fingerprint density at radius 3 is 1.57 bits per heavy atom. The lowest BCUT2D eigenvalue weighted by Crippen LogP contribution is -1.83. The Morgan fingerprint density at radius 2 is 1.57 bits per heavy atom. The quantitative estimate of drug-likeness (QED) is 0.540. The van der Waals surface area contributed by atoms with Crippen LogP contribution in [0.2, 0.25) is 0 Å². The first-order chi connectivity index (χ1) is 2.94. The summed E-state index contributed by atoms with van der Waals surface area (Å²) in [6.07, 6.45) is 0. The summed E-state index contributed by atoms with van der Waals surface area (Å²) in [5.41, 5.74) is -0.115. The molecule has 0 aliphatic carbocycles. The van der Waals surface area contributed by atoms with Gasteiger partial charge in [-0.2, -0.15) is 0 Å². The van der Waals surface area contributed by atoms with Crippen LogP contribution < -0.4 is 0 Å². The number of hydrogen-bond donors (Lipinski definition) is 0. The average molecular weight is 161 g/mol. The van der Waals surface area contributed by atoms with Crippen molar-refractivity contribution in [3.63, 3.8) is 0 Å². The lowest BCUT2D eigenvalue weighted by molar-refractivity contribution is 0.587. The van der Waals surface area contributed by atoms with E-state index in [0.717, 1.165) is 0 Å². The largest absolute Gasteiger partial charge is 0.289 e. The molecule has 0 amide bonds. The molecule has 0 unspecified atom stereocenters. The summed E-state index contributed by atoms with van der Waals surface area (Å²) >= 11 is 10.4. The highest BCUT2D eigenvalue weighted by atomic mass is 35.9. The average Bonchev–Trinajstić information content (AvgIpc) is 1.31. The van der Waals surface area contributed by atoms with E-state index in [4.69, 9.17) is 22.5 Å². The minimum absolute atomic E-state index is 0.115. The van der Waals surface area contributed by atoms with E-state index in [0.29, 0.717) is 0 Å². The van der Waals surface area contributed by atoms with Gasteiger partial charge in [-0.1, -0.05) is 13.8 Å². The van der Waals surface area contributed by atoms with Gasteiger partial charge in [0.1, 0.15) is 0 Å². The molecular weight excluding hydrogens is 154 g/mol. The Morgan fingerprint density at radius 1 is 1.43 bits per heavy atom. The molecule has 0 bridgehead atoms. The molecule has 0 aromatic rings. The maximum Gasteiger partial charge on any atom is 0.255 e. The van der Waals surface area contributed by atoms with Gasteiger partial charge in [-0.05, 0) is 22.5 Å². The van der Waals surface area contributed by atoms with Gasteiger partial charge in [-0.25, -0.2) is 0 Å². The molecule has 0 saturated heterocycles. The summed E-state index contributed by atoms with van der Waals surface area (Å²) in [5, 5.41) is 0. The van der Waals surface area contributed by atoms with E-state index >= 15 is 0 Å². The number of hydrogen-bond acceptors (Lipinski definition) is 1. The smallest absolute Gasteiger partial charge is 0.255 e. The molecule has 7 heavy (non-hydrogen) atoms. The predicted molar refractivity (Wildman–Crippen MR) is 34.4 cm³/mol. The Balaban J connectivity index is 3.80. The van der Waals surface area contributed by atoms with Gasteiger partial charge >= 0.3 is 0 Å². The van der Waals surface area contributed by atoms with Crippen molar-refractivity contribution in [3.8, 4) is 0 Å². The molecule has 0 aliphatic rings. The topological polar surface area (TPSA) is 17.1 Å². The highest BCUT2D eigenvalue weighted by Gasteiger charge is 2.17. The second kappa shape index (κ2) is 2.39. The highest BCUT2D eigenvalue weighted by Crippen LogP contribution is 2.60. The van der Waals surface area contributed by atoms with Gasteiger partial charge < -0.3 is 0 Å². The fourth-order valence-electron chi connectivity index (χ4n) is 0. The highest BCUT2D eigenvalue weighted by molar-refractivity contribution is 8.09. The van der Waals surface area contributed by atoms with Gasteiger partial charge in [0.25, 0.3) is 5.85 Å².